The molecule has 1 aromatic heterocycles. The first kappa shape index (κ1) is 9.42. The van der Waals surface area contributed by atoms with Crippen LogP contribution in [0, 0.1) is 5.92 Å². The van der Waals surface area contributed by atoms with Gasteiger partial charge >= 0.3 is 6.01 Å². The molecule has 2 heterocycles. The van der Waals surface area contributed by atoms with Gasteiger partial charge in [-0.3, -0.25) is 0 Å². The van der Waals surface area contributed by atoms with Gasteiger partial charge in [-0.1, -0.05) is 5.10 Å². The standard InChI is InChI=1S/C8H14N4O2/c9-3-7-11-12-8(14-7)10-4-6-1-2-13-5-6/h6H,1-5,9H2,(H,10,12). The number of hydrogen-bond acceptors (Lipinski definition) is 6. The molecule has 1 aromatic rings. The molecule has 3 N–H and O–H groups in total. The zero-order valence-corrected chi connectivity index (χ0v) is 7.90. The predicted molar refractivity (Wildman–Crippen MR) is 49.6 cm³/mol. The number of aromatic nitrogens is 2. The van der Waals surface area contributed by atoms with Gasteiger partial charge in [0.05, 0.1) is 13.2 Å². The molecule has 0 bridgehead atoms. The monoisotopic (exact) mass is 198 g/mol. The maximum atomic E-state index is 5.34. The maximum absolute atomic E-state index is 5.34. The quantitative estimate of drug-likeness (QED) is 0.707. The van der Waals surface area contributed by atoms with E-state index in [1.165, 1.54) is 0 Å². The fourth-order valence-electron chi connectivity index (χ4n) is 1.38. The van der Waals surface area contributed by atoms with E-state index in [2.05, 4.69) is 15.5 Å². The third kappa shape index (κ3) is 2.21. The summed E-state index contributed by atoms with van der Waals surface area (Å²) in [7, 11) is 0. The van der Waals surface area contributed by atoms with Crippen LogP contribution in [-0.4, -0.2) is 30.0 Å². The van der Waals surface area contributed by atoms with Crippen LogP contribution in [0.25, 0.3) is 0 Å². The molecule has 6 heteroatoms. The van der Waals surface area contributed by atoms with Gasteiger partial charge in [0.1, 0.15) is 0 Å². The van der Waals surface area contributed by atoms with Crippen LogP contribution >= 0.6 is 0 Å². The van der Waals surface area contributed by atoms with Gasteiger partial charge in [0, 0.05) is 19.1 Å². The average Bonchev–Trinajstić information content (AvgIpc) is 2.86. The van der Waals surface area contributed by atoms with Crippen molar-refractivity contribution in [2.45, 2.75) is 13.0 Å². The van der Waals surface area contributed by atoms with Gasteiger partial charge in [-0.25, -0.2) is 0 Å². The summed E-state index contributed by atoms with van der Waals surface area (Å²) in [6.07, 6.45) is 1.09. The Hall–Kier alpha value is -1.14. The van der Waals surface area contributed by atoms with Crippen LogP contribution in [0.5, 0.6) is 0 Å². The number of nitrogens with two attached hydrogens (primary N) is 1. The molecule has 1 saturated heterocycles. The summed E-state index contributed by atoms with van der Waals surface area (Å²) in [4.78, 5) is 0. The molecule has 0 saturated carbocycles. The van der Waals surface area contributed by atoms with E-state index in [1.807, 2.05) is 0 Å². The lowest BCUT2D eigenvalue weighted by molar-refractivity contribution is 0.187. The first-order valence-corrected chi connectivity index (χ1v) is 4.72. The number of rotatable bonds is 4. The molecule has 1 fully saturated rings. The molecule has 6 nitrogen and oxygen atoms in total. The van der Waals surface area contributed by atoms with E-state index in [1.54, 1.807) is 0 Å². The number of ether oxygens (including phenoxy) is 1. The van der Waals surface area contributed by atoms with E-state index < -0.39 is 0 Å². The maximum Gasteiger partial charge on any atom is 0.315 e. The summed E-state index contributed by atoms with van der Waals surface area (Å²) >= 11 is 0. The third-order valence-electron chi connectivity index (χ3n) is 2.21. The molecule has 0 aliphatic carbocycles. The highest BCUT2D eigenvalue weighted by atomic mass is 16.5. The lowest BCUT2D eigenvalue weighted by atomic mass is 10.1. The van der Waals surface area contributed by atoms with E-state index in [0.717, 1.165) is 26.2 Å². The van der Waals surface area contributed by atoms with Crippen molar-refractivity contribution in [3.05, 3.63) is 5.89 Å². The zero-order valence-electron chi connectivity index (χ0n) is 7.90. The second-order valence-electron chi connectivity index (χ2n) is 3.32. The molecule has 1 unspecified atom stereocenters. The first-order chi connectivity index (χ1) is 6.88. The van der Waals surface area contributed by atoms with Crippen LogP contribution in [0.1, 0.15) is 12.3 Å². The first-order valence-electron chi connectivity index (χ1n) is 4.72. The lowest BCUT2D eigenvalue weighted by Gasteiger charge is -2.05. The Bertz CT molecular complexity index is 283. The van der Waals surface area contributed by atoms with Crippen LogP contribution in [0.15, 0.2) is 4.42 Å². The molecule has 1 aliphatic heterocycles. The minimum atomic E-state index is 0.279. The Labute approximate surface area is 81.8 Å². The molecule has 1 atom stereocenters. The van der Waals surface area contributed by atoms with Gasteiger partial charge in [-0.2, -0.15) is 0 Å². The Morgan fingerprint density at radius 1 is 1.50 bits per heavy atom. The highest BCUT2D eigenvalue weighted by molar-refractivity contribution is 5.16. The average molecular weight is 198 g/mol. The van der Waals surface area contributed by atoms with Gasteiger partial charge in [0.15, 0.2) is 0 Å². The van der Waals surface area contributed by atoms with Crippen molar-refractivity contribution in [1.82, 2.24) is 10.2 Å². The molecular weight excluding hydrogens is 184 g/mol. The lowest BCUT2D eigenvalue weighted by Crippen LogP contribution is -2.14. The minimum absolute atomic E-state index is 0.279. The van der Waals surface area contributed by atoms with E-state index in [0.29, 0.717) is 17.8 Å². The van der Waals surface area contributed by atoms with Crippen LogP contribution in [0.2, 0.25) is 0 Å². The molecule has 1 aliphatic rings. The van der Waals surface area contributed by atoms with Crippen LogP contribution in [-0.2, 0) is 11.3 Å². The zero-order chi connectivity index (χ0) is 9.80. The van der Waals surface area contributed by atoms with E-state index in [-0.39, 0.29) is 6.54 Å². The van der Waals surface area contributed by atoms with Crippen LogP contribution in [0.3, 0.4) is 0 Å². The van der Waals surface area contributed by atoms with E-state index in [9.17, 15) is 0 Å². The molecule has 0 amide bonds. The highest BCUT2D eigenvalue weighted by Crippen LogP contribution is 2.13. The summed E-state index contributed by atoms with van der Waals surface area (Å²) in [6.45, 7) is 2.75. The second-order valence-corrected chi connectivity index (χ2v) is 3.32. The summed E-state index contributed by atoms with van der Waals surface area (Å²) in [5.74, 6) is 0.999. The molecule has 0 spiro atoms. The Morgan fingerprint density at radius 3 is 3.07 bits per heavy atom. The van der Waals surface area contributed by atoms with Crippen molar-refractivity contribution in [3.63, 3.8) is 0 Å². The summed E-state index contributed by atoms with van der Waals surface area (Å²) in [5.41, 5.74) is 5.34. The van der Waals surface area contributed by atoms with Gasteiger partial charge in [-0.05, 0) is 6.42 Å². The molecule has 0 aromatic carbocycles. The fourth-order valence-corrected chi connectivity index (χ4v) is 1.38. The topological polar surface area (TPSA) is 86.2 Å². The molecule has 14 heavy (non-hydrogen) atoms. The molecular formula is C8H14N4O2. The van der Waals surface area contributed by atoms with Crippen molar-refractivity contribution < 1.29 is 9.15 Å². The summed E-state index contributed by atoms with van der Waals surface area (Å²) < 4.78 is 10.4. The Morgan fingerprint density at radius 2 is 2.43 bits per heavy atom. The van der Waals surface area contributed by atoms with Gasteiger partial charge in [-0.15, -0.1) is 5.10 Å². The smallest absolute Gasteiger partial charge is 0.315 e. The second kappa shape index (κ2) is 4.39. The highest BCUT2D eigenvalue weighted by Gasteiger charge is 2.16. The van der Waals surface area contributed by atoms with Crippen molar-refractivity contribution in [2.24, 2.45) is 11.7 Å². The Kier molecular flexibility index (Phi) is 2.95. The molecule has 2 rings (SSSR count). The van der Waals surface area contributed by atoms with Crippen LogP contribution in [0.4, 0.5) is 6.01 Å². The number of anilines is 1. The third-order valence-corrected chi connectivity index (χ3v) is 2.21. The van der Waals surface area contributed by atoms with Crippen LogP contribution < -0.4 is 11.1 Å². The normalized spacial score (nSPS) is 21.4. The molecule has 78 valence electrons. The summed E-state index contributed by atoms with van der Waals surface area (Å²) in [5, 5.41) is 10.6. The fraction of sp³-hybridized carbons (Fsp3) is 0.750. The number of nitrogens with one attached hydrogen (secondary N) is 1. The van der Waals surface area contributed by atoms with Gasteiger partial charge in [0.25, 0.3) is 0 Å². The summed E-state index contributed by atoms with van der Waals surface area (Å²) in [6, 6.07) is 0.442. The van der Waals surface area contributed by atoms with E-state index in [4.69, 9.17) is 14.9 Å². The molecule has 0 radical (unpaired) electrons. The largest absolute Gasteiger partial charge is 0.407 e. The number of nitrogens with zero attached hydrogens (tertiary/aromatic N) is 2. The SMILES string of the molecule is NCc1nnc(NCC2CCOC2)o1. The van der Waals surface area contributed by atoms with Gasteiger partial charge in [0.2, 0.25) is 5.89 Å². The van der Waals surface area contributed by atoms with Gasteiger partial charge < -0.3 is 20.2 Å². The van der Waals surface area contributed by atoms with E-state index >= 15 is 0 Å². The predicted octanol–water partition coefficient (Wildman–Crippen LogP) is -0.0233. The number of hydrogen-bond donors (Lipinski definition) is 2. The van der Waals surface area contributed by atoms with Crippen molar-refractivity contribution in [1.29, 1.82) is 0 Å². The van der Waals surface area contributed by atoms with Crippen molar-refractivity contribution in [2.75, 3.05) is 25.1 Å². The Balaban J connectivity index is 1.79. The minimum Gasteiger partial charge on any atom is -0.407 e. The van der Waals surface area contributed by atoms with Crippen molar-refractivity contribution in [3.8, 4) is 0 Å². The van der Waals surface area contributed by atoms with Crippen molar-refractivity contribution >= 4 is 6.01 Å².